The molecule has 0 aliphatic rings. The number of benzene rings is 2. The van der Waals surface area contributed by atoms with Gasteiger partial charge in [0.2, 0.25) is 0 Å². The van der Waals surface area contributed by atoms with Crippen LogP contribution < -0.4 is 10.3 Å². The molecule has 0 fully saturated rings. The van der Waals surface area contributed by atoms with Gasteiger partial charge in [-0.05, 0) is 36.4 Å². The predicted molar refractivity (Wildman–Crippen MR) is 86.9 cm³/mol. The van der Waals surface area contributed by atoms with Crippen LogP contribution in [-0.4, -0.2) is 25.2 Å². The van der Waals surface area contributed by atoms with Gasteiger partial charge in [-0.3, -0.25) is 4.79 Å². The van der Waals surface area contributed by atoms with Gasteiger partial charge >= 0.3 is 5.97 Å². The van der Waals surface area contributed by atoms with E-state index >= 15 is 0 Å². The van der Waals surface area contributed by atoms with E-state index in [0.29, 0.717) is 15.5 Å². The molecule has 0 saturated heterocycles. The monoisotopic (exact) mass is 299 g/mol. The Balaban J connectivity index is 2.37. The number of fused-ring (bicyclic) bond motifs is 2. The van der Waals surface area contributed by atoms with Gasteiger partial charge in [0, 0.05) is 40.0 Å². The van der Waals surface area contributed by atoms with Crippen LogP contribution in [-0.2, 0) is 0 Å². The fourth-order valence-corrected chi connectivity index (χ4v) is 3.34. The lowest BCUT2D eigenvalue weighted by Gasteiger charge is -2.12. The van der Waals surface area contributed by atoms with Crippen molar-refractivity contribution in [1.82, 2.24) is 0 Å². The first-order valence-electron chi connectivity index (χ1n) is 6.38. The van der Waals surface area contributed by atoms with E-state index in [-0.39, 0.29) is 11.0 Å². The van der Waals surface area contributed by atoms with E-state index in [9.17, 15) is 9.59 Å². The van der Waals surface area contributed by atoms with Gasteiger partial charge < -0.3 is 10.0 Å². The minimum Gasteiger partial charge on any atom is -0.478 e. The lowest BCUT2D eigenvalue weighted by atomic mass is 10.1. The van der Waals surface area contributed by atoms with Crippen molar-refractivity contribution in [2.24, 2.45) is 0 Å². The molecule has 1 aromatic heterocycles. The zero-order chi connectivity index (χ0) is 15.1. The number of carboxylic acids is 1. The molecular weight excluding hydrogens is 286 g/mol. The van der Waals surface area contributed by atoms with Gasteiger partial charge in [-0.2, -0.15) is 0 Å². The molecular formula is C16H13NO3S. The fraction of sp³-hybridized carbons (Fsp3) is 0.125. The molecule has 0 amide bonds. The second-order valence-corrected chi connectivity index (χ2v) is 6.11. The maximum atomic E-state index is 12.6. The molecule has 0 aliphatic carbocycles. The second kappa shape index (κ2) is 4.86. The van der Waals surface area contributed by atoms with Gasteiger partial charge in [-0.15, -0.1) is 11.3 Å². The van der Waals surface area contributed by atoms with Gasteiger partial charge in [-0.1, -0.05) is 0 Å². The number of hydrogen-bond acceptors (Lipinski definition) is 4. The molecule has 3 rings (SSSR count). The van der Waals surface area contributed by atoms with Crippen molar-refractivity contribution in [3.63, 3.8) is 0 Å². The summed E-state index contributed by atoms with van der Waals surface area (Å²) >= 11 is 1.44. The summed E-state index contributed by atoms with van der Waals surface area (Å²) in [5.74, 6) is -0.986. The van der Waals surface area contributed by atoms with E-state index in [1.165, 1.54) is 17.4 Å². The van der Waals surface area contributed by atoms with Crippen LogP contribution in [0.1, 0.15) is 10.4 Å². The van der Waals surface area contributed by atoms with Crippen LogP contribution in [0.5, 0.6) is 0 Å². The van der Waals surface area contributed by atoms with Crippen molar-refractivity contribution in [3.8, 4) is 0 Å². The molecule has 0 unspecified atom stereocenters. The Bertz CT molecular complexity index is 928. The number of anilines is 1. The van der Waals surface area contributed by atoms with Gasteiger partial charge in [0.05, 0.1) is 5.56 Å². The highest BCUT2D eigenvalue weighted by atomic mass is 32.1. The molecule has 2 aromatic carbocycles. The number of rotatable bonds is 2. The average molecular weight is 299 g/mol. The van der Waals surface area contributed by atoms with Crippen molar-refractivity contribution in [1.29, 1.82) is 0 Å². The Kier molecular flexibility index (Phi) is 3.14. The third-order valence-corrected chi connectivity index (χ3v) is 4.55. The summed E-state index contributed by atoms with van der Waals surface area (Å²) in [7, 11) is 3.85. The maximum absolute atomic E-state index is 12.6. The second-order valence-electron chi connectivity index (χ2n) is 5.02. The maximum Gasteiger partial charge on any atom is 0.335 e. The van der Waals surface area contributed by atoms with Crippen LogP contribution in [0.3, 0.4) is 0 Å². The summed E-state index contributed by atoms with van der Waals surface area (Å²) in [6.07, 6.45) is 0. The number of nitrogens with zero attached hydrogens (tertiary/aromatic N) is 1. The van der Waals surface area contributed by atoms with Crippen LogP contribution in [0.4, 0.5) is 5.69 Å². The standard InChI is InChI=1S/C16H13NO3S/c1-17(2)10-4-6-13-12(8-10)15(18)11-5-3-9(16(19)20)7-14(11)21-13/h3-8H,1-2H3,(H,19,20). The molecule has 0 radical (unpaired) electrons. The number of aromatic carboxylic acids is 1. The summed E-state index contributed by atoms with van der Waals surface area (Å²) in [5.41, 5.74) is 1.11. The normalized spacial score (nSPS) is 11.0. The largest absolute Gasteiger partial charge is 0.478 e. The molecule has 21 heavy (non-hydrogen) atoms. The molecule has 0 saturated carbocycles. The van der Waals surface area contributed by atoms with Crippen LogP contribution in [0.2, 0.25) is 0 Å². The number of hydrogen-bond donors (Lipinski definition) is 1. The Morgan fingerprint density at radius 1 is 1.05 bits per heavy atom. The van der Waals surface area contributed by atoms with Gasteiger partial charge in [0.15, 0.2) is 5.43 Å². The fourth-order valence-electron chi connectivity index (χ4n) is 2.25. The average Bonchev–Trinajstić information content (AvgIpc) is 2.46. The van der Waals surface area contributed by atoms with E-state index < -0.39 is 5.97 Å². The first kappa shape index (κ1) is 13.6. The third-order valence-electron chi connectivity index (χ3n) is 3.42. The predicted octanol–water partition coefficient (Wildman–Crippen LogP) is 3.18. The van der Waals surface area contributed by atoms with Gasteiger partial charge in [0.25, 0.3) is 0 Å². The highest BCUT2D eigenvalue weighted by Crippen LogP contribution is 2.28. The lowest BCUT2D eigenvalue weighted by Crippen LogP contribution is -2.09. The zero-order valence-electron chi connectivity index (χ0n) is 11.6. The summed E-state index contributed by atoms with van der Waals surface area (Å²) in [5, 5.41) is 10.3. The minimum atomic E-state index is -0.986. The quantitative estimate of drug-likeness (QED) is 0.738. The molecule has 1 N–H and O–H groups in total. The highest BCUT2D eigenvalue weighted by Gasteiger charge is 2.10. The summed E-state index contributed by atoms with van der Waals surface area (Å²) in [6, 6.07) is 10.4. The number of carbonyl (C=O) groups is 1. The molecule has 1 heterocycles. The van der Waals surface area contributed by atoms with E-state index in [4.69, 9.17) is 5.11 Å². The smallest absolute Gasteiger partial charge is 0.335 e. The number of carboxylic acid groups (broad SMARTS) is 1. The van der Waals surface area contributed by atoms with Crippen LogP contribution in [0.25, 0.3) is 20.2 Å². The molecule has 0 aliphatic heterocycles. The molecule has 0 bridgehead atoms. The molecule has 4 nitrogen and oxygen atoms in total. The third kappa shape index (κ3) is 2.25. The van der Waals surface area contributed by atoms with E-state index in [1.807, 2.05) is 37.2 Å². The van der Waals surface area contributed by atoms with Crippen LogP contribution in [0, 0.1) is 0 Å². The van der Waals surface area contributed by atoms with E-state index in [0.717, 1.165) is 10.4 Å². The van der Waals surface area contributed by atoms with Crippen LogP contribution in [0.15, 0.2) is 41.2 Å². The Labute approximate surface area is 124 Å². The van der Waals surface area contributed by atoms with E-state index in [1.54, 1.807) is 12.1 Å². The molecule has 5 heteroatoms. The Hall–Kier alpha value is -2.40. The molecule has 3 aromatic rings. The Morgan fingerprint density at radius 3 is 2.48 bits per heavy atom. The lowest BCUT2D eigenvalue weighted by molar-refractivity contribution is 0.0697. The van der Waals surface area contributed by atoms with Gasteiger partial charge in [0.1, 0.15) is 0 Å². The van der Waals surface area contributed by atoms with Crippen molar-refractivity contribution < 1.29 is 9.90 Å². The zero-order valence-corrected chi connectivity index (χ0v) is 12.4. The Morgan fingerprint density at radius 2 is 1.81 bits per heavy atom. The summed E-state index contributed by atoms with van der Waals surface area (Å²) in [6.45, 7) is 0. The molecule has 106 valence electrons. The SMILES string of the molecule is CN(C)c1ccc2sc3cc(C(=O)O)ccc3c(=O)c2c1. The minimum absolute atomic E-state index is 0.0561. The summed E-state index contributed by atoms with van der Waals surface area (Å²) < 4.78 is 1.56. The molecule has 0 atom stereocenters. The van der Waals surface area contributed by atoms with Crippen molar-refractivity contribution in [2.45, 2.75) is 0 Å². The highest BCUT2D eigenvalue weighted by molar-refractivity contribution is 7.24. The van der Waals surface area contributed by atoms with Crippen molar-refractivity contribution in [3.05, 3.63) is 52.2 Å². The summed E-state index contributed by atoms with van der Waals surface area (Å²) in [4.78, 5) is 25.6. The van der Waals surface area contributed by atoms with Gasteiger partial charge in [-0.25, -0.2) is 4.79 Å². The topological polar surface area (TPSA) is 57.6 Å². The van der Waals surface area contributed by atoms with Crippen molar-refractivity contribution in [2.75, 3.05) is 19.0 Å². The molecule has 0 spiro atoms. The van der Waals surface area contributed by atoms with Crippen molar-refractivity contribution >= 4 is 43.2 Å². The first-order chi connectivity index (χ1) is 9.97. The first-order valence-corrected chi connectivity index (χ1v) is 7.20. The van der Waals surface area contributed by atoms with E-state index in [2.05, 4.69) is 0 Å². The van der Waals surface area contributed by atoms with Crippen LogP contribution >= 0.6 is 11.3 Å².